The fourth-order valence-electron chi connectivity index (χ4n) is 2.25. The van der Waals surface area contributed by atoms with E-state index in [0.29, 0.717) is 11.1 Å². The summed E-state index contributed by atoms with van der Waals surface area (Å²) in [4.78, 5) is 2.05. The highest BCUT2D eigenvalue weighted by Crippen LogP contribution is 2.23. The summed E-state index contributed by atoms with van der Waals surface area (Å²) in [5.41, 5.74) is 6.11. The Bertz CT molecular complexity index is 922. The van der Waals surface area contributed by atoms with Gasteiger partial charge in [0.05, 0.1) is 6.21 Å². The molecule has 140 valence electrons. The molecule has 0 radical (unpaired) electrons. The molecule has 0 atom stereocenters. The van der Waals surface area contributed by atoms with Crippen molar-refractivity contribution in [1.29, 1.82) is 0 Å². The Kier molecular flexibility index (Phi) is 6.36. The Hall–Kier alpha value is -2.52. The van der Waals surface area contributed by atoms with Crippen LogP contribution >= 0.6 is 27.7 Å². The molecule has 7 nitrogen and oxygen atoms in total. The zero-order chi connectivity index (χ0) is 19.2. The number of nitrogens with two attached hydrogens (primary N) is 1. The highest BCUT2D eigenvalue weighted by Gasteiger charge is 2.09. The molecule has 1 aromatic heterocycles. The van der Waals surface area contributed by atoms with E-state index >= 15 is 0 Å². The maximum atomic E-state index is 6.05. The van der Waals surface area contributed by atoms with Crippen LogP contribution in [-0.4, -0.2) is 35.2 Å². The van der Waals surface area contributed by atoms with Crippen molar-refractivity contribution >= 4 is 45.5 Å². The fraction of sp³-hybridized carbons (Fsp3) is 0.167. The summed E-state index contributed by atoms with van der Waals surface area (Å²) in [7, 11) is 4.01. The van der Waals surface area contributed by atoms with Crippen LogP contribution in [0.3, 0.4) is 0 Å². The molecular formula is C18H20BrN7S. The van der Waals surface area contributed by atoms with Gasteiger partial charge in [0, 0.05) is 30.0 Å². The molecular weight excluding hydrogens is 426 g/mol. The number of hydrogen-bond acceptors (Lipinski definition) is 7. The first-order valence-corrected chi connectivity index (χ1v) is 9.95. The van der Waals surface area contributed by atoms with Gasteiger partial charge in [0.15, 0.2) is 0 Å². The number of halogens is 1. The van der Waals surface area contributed by atoms with E-state index in [-0.39, 0.29) is 0 Å². The van der Waals surface area contributed by atoms with Gasteiger partial charge in [-0.05, 0) is 35.4 Å². The summed E-state index contributed by atoms with van der Waals surface area (Å²) in [5, 5.41) is 12.9. The second kappa shape index (κ2) is 8.92. The number of aromatic nitrogens is 3. The lowest BCUT2D eigenvalue weighted by Crippen LogP contribution is -2.13. The predicted octanol–water partition coefficient (Wildman–Crippen LogP) is 3.56. The maximum absolute atomic E-state index is 6.05. The smallest absolute Gasteiger partial charge is 0.264 e. The molecule has 3 rings (SSSR count). The van der Waals surface area contributed by atoms with E-state index in [1.165, 1.54) is 22.0 Å². The predicted molar refractivity (Wildman–Crippen MR) is 116 cm³/mol. The van der Waals surface area contributed by atoms with Crippen LogP contribution in [-0.2, 0) is 5.75 Å². The van der Waals surface area contributed by atoms with E-state index in [0.717, 1.165) is 21.5 Å². The summed E-state index contributed by atoms with van der Waals surface area (Å²) < 4.78 is 2.44. The number of nitrogen functional groups attached to an aromatic ring is 1. The first-order chi connectivity index (χ1) is 13.0. The van der Waals surface area contributed by atoms with E-state index < -0.39 is 0 Å². The highest BCUT2D eigenvalue weighted by molar-refractivity contribution is 9.10. The van der Waals surface area contributed by atoms with Gasteiger partial charge in [-0.15, -0.1) is 10.2 Å². The quantitative estimate of drug-likeness (QED) is 0.250. The number of benzene rings is 2. The lowest BCUT2D eigenvalue weighted by molar-refractivity contribution is 0.847. The van der Waals surface area contributed by atoms with E-state index in [1.54, 1.807) is 6.21 Å². The second-order valence-electron chi connectivity index (χ2n) is 5.95. The minimum atomic E-state index is 0.382. The Morgan fingerprint density at radius 1 is 1.22 bits per heavy atom. The molecule has 0 unspecified atom stereocenters. The standard InChI is InChI=1S/C18H20BrN7S/c1-25(2)16-8-6-13(7-9-16)11-21-22-17-23-24-18(26(17)20)27-12-14-4-3-5-15(19)10-14/h3-11H,12,20H2,1-2H3,(H,22,23)/b21-11+. The first kappa shape index (κ1) is 19.2. The summed E-state index contributed by atoms with van der Waals surface area (Å²) in [6.07, 6.45) is 1.71. The van der Waals surface area contributed by atoms with Crippen molar-refractivity contribution in [2.45, 2.75) is 10.9 Å². The number of anilines is 2. The van der Waals surface area contributed by atoms with Gasteiger partial charge in [-0.25, -0.2) is 10.1 Å². The number of hydrazone groups is 1. The molecule has 0 aliphatic rings. The van der Waals surface area contributed by atoms with Crippen LogP contribution in [0.2, 0.25) is 0 Å². The third-order valence-corrected chi connectivity index (χ3v) is 5.22. The molecule has 3 N–H and O–H groups in total. The van der Waals surface area contributed by atoms with Crippen LogP contribution in [0.1, 0.15) is 11.1 Å². The Labute approximate surface area is 170 Å². The van der Waals surface area contributed by atoms with E-state index in [4.69, 9.17) is 5.84 Å². The van der Waals surface area contributed by atoms with Gasteiger partial charge in [0.25, 0.3) is 5.95 Å². The molecule has 0 amide bonds. The fourth-order valence-corrected chi connectivity index (χ4v) is 3.50. The van der Waals surface area contributed by atoms with Crippen molar-refractivity contribution in [2.24, 2.45) is 5.10 Å². The molecule has 27 heavy (non-hydrogen) atoms. The third kappa shape index (κ3) is 5.24. The maximum Gasteiger partial charge on any atom is 0.264 e. The summed E-state index contributed by atoms with van der Waals surface area (Å²) >= 11 is 4.98. The van der Waals surface area contributed by atoms with Crippen molar-refractivity contribution in [1.82, 2.24) is 14.9 Å². The number of thioether (sulfide) groups is 1. The molecule has 0 aliphatic heterocycles. The van der Waals surface area contributed by atoms with Crippen molar-refractivity contribution in [3.05, 3.63) is 64.1 Å². The zero-order valence-electron chi connectivity index (χ0n) is 15.0. The molecule has 1 heterocycles. The van der Waals surface area contributed by atoms with E-state index in [9.17, 15) is 0 Å². The monoisotopic (exact) mass is 445 g/mol. The van der Waals surface area contributed by atoms with Crippen LogP contribution in [0.15, 0.2) is 63.3 Å². The topological polar surface area (TPSA) is 84.4 Å². The SMILES string of the molecule is CN(C)c1ccc(/C=N/Nc2nnc(SCc3cccc(Br)c3)n2N)cc1. The van der Waals surface area contributed by atoms with Gasteiger partial charge in [-0.3, -0.25) is 0 Å². The largest absolute Gasteiger partial charge is 0.378 e. The van der Waals surface area contributed by atoms with Gasteiger partial charge < -0.3 is 10.7 Å². The second-order valence-corrected chi connectivity index (χ2v) is 7.81. The zero-order valence-corrected chi connectivity index (χ0v) is 17.4. The highest BCUT2D eigenvalue weighted by atomic mass is 79.9. The number of nitrogens with one attached hydrogen (secondary N) is 1. The van der Waals surface area contributed by atoms with E-state index in [2.05, 4.69) is 48.8 Å². The van der Waals surface area contributed by atoms with Crippen molar-refractivity contribution in [3.8, 4) is 0 Å². The normalized spacial score (nSPS) is 11.1. The average molecular weight is 446 g/mol. The lowest BCUT2D eigenvalue weighted by atomic mass is 10.2. The van der Waals surface area contributed by atoms with Crippen LogP contribution in [0, 0.1) is 0 Å². The molecule has 9 heteroatoms. The summed E-state index contributed by atoms with van der Waals surface area (Å²) in [6, 6.07) is 16.2. The van der Waals surface area contributed by atoms with Crippen molar-refractivity contribution in [3.63, 3.8) is 0 Å². The van der Waals surface area contributed by atoms with Crippen LogP contribution in [0.4, 0.5) is 11.6 Å². The molecule has 0 saturated heterocycles. The van der Waals surface area contributed by atoms with Crippen LogP contribution < -0.4 is 16.2 Å². The van der Waals surface area contributed by atoms with Gasteiger partial charge >= 0.3 is 0 Å². The summed E-state index contributed by atoms with van der Waals surface area (Å²) in [6.45, 7) is 0. The van der Waals surface area contributed by atoms with Gasteiger partial charge in [0.1, 0.15) is 0 Å². The van der Waals surface area contributed by atoms with E-state index in [1.807, 2.05) is 55.4 Å². The minimum absolute atomic E-state index is 0.382. The Balaban J connectivity index is 1.58. The van der Waals surface area contributed by atoms with Crippen molar-refractivity contribution < 1.29 is 0 Å². The van der Waals surface area contributed by atoms with Gasteiger partial charge in [0.2, 0.25) is 5.16 Å². The molecule has 3 aromatic rings. The molecule has 0 spiro atoms. The number of nitrogens with zero attached hydrogens (tertiary/aromatic N) is 5. The number of rotatable bonds is 7. The van der Waals surface area contributed by atoms with Gasteiger partial charge in [-0.1, -0.05) is 52.0 Å². The Morgan fingerprint density at radius 3 is 2.70 bits per heavy atom. The molecule has 2 aromatic carbocycles. The summed E-state index contributed by atoms with van der Waals surface area (Å²) in [5.74, 6) is 7.18. The third-order valence-electron chi connectivity index (χ3n) is 3.71. The van der Waals surface area contributed by atoms with Crippen LogP contribution in [0.5, 0.6) is 0 Å². The van der Waals surface area contributed by atoms with Crippen molar-refractivity contribution in [2.75, 3.05) is 30.3 Å². The van der Waals surface area contributed by atoms with Crippen LogP contribution in [0.25, 0.3) is 0 Å². The molecule has 0 bridgehead atoms. The molecule has 0 fully saturated rings. The minimum Gasteiger partial charge on any atom is -0.378 e. The average Bonchev–Trinajstić information content (AvgIpc) is 3.00. The molecule has 0 aliphatic carbocycles. The number of hydrogen-bond donors (Lipinski definition) is 2. The van der Waals surface area contributed by atoms with Gasteiger partial charge in [-0.2, -0.15) is 5.10 Å². The Morgan fingerprint density at radius 2 is 2.00 bits per heavy atom. The first-order valence-electron chi connectivity index (χ1n) is 8.17. The lowest BCUT2D eigenvalue weighted by Gasteiger charge is -2.11. The molecule has 0 saturated carbocycles.